The number of carbonyl (C=O) groups is 1. The molecule has 0 aliphatic carbocycles. The third-order valence-corrected chi connectivity index (χ3v) is 3.93. The van der Waals surface area contributed by atoms with E-state index < -0.39 is 0 Å². The molecule has 0 bridgehead atoms. The standard InChI is InChI=1S/C13H22N6O/c1-7-4-5-10(11(14)20)6-19(7)13-8(2)12(18-15)16-9(3)17-13/h7,10H,4-6,15H2,1-3H3,(H2,14,20)(H,16,17,18). The summed E-state index contributed by atoms with van der Waals surface area (Å²) in [6.07, 6.45) is 1.75. The van der Waals surface area contributed by atoms with Crippen molar-refractivity contribution in [3.05, 3.63) is 11.4 Å². The van der Waals surface area contributed by atoms with Gasteiger partial charge in [0.15, 0.2) is 0 Å². The first kappa shape index (κ1) is 14.5. The van der Waals surface area contributed by atoms with Gasteiger partial charge in [0, 0.05) is 18.2 Å². The molecule has 0 radical (unpaired) electrons. The number of hydrazine groups is 1. The summed E-state index contributed by atoms with van der Waals surface area (Å²) in [5.41, 5.74) is 8.93. The quantitative estimate of drug-likeness (QED) is 0.547. The molecule has 2 unspecified atom stereocenters. The zero-order valence-electron chi connectivity index (χ0n) is 12.2. The summed E-state index contributed by atoms with van der Waals surface area (Å²) < 4.78 is 0. The van der Waals surface area contributed by atoms with Crippen molar-refractivity contribution >= 4 is 17.5 Å². The molecule has 7 heteroatoms. The lowest BCUT2D eigenvalue weighted by Gasteiger charge is -2.38. The zero-order chi connectivity index (χ0) is 14.9. The second-order valence-corrected chi connectivity index (χ2v) is 5.39. The Bertz CT molecular complexity index is 518. The molecule has 5 N–H and O–H groups in total. The molecule has 0 spiro atoms. The molecule has 1 aromatic heterocycles. The van der Waals surface area contributed by atoms with Crippen LogP contribution < -0.4 is 21.9 Å². The molecule has 0 saturated carbocycles. The molecule has 1 fully saturated rings. The Kier molecular flexibility index (Phi) is 4.08. The lowest BCUT2D eigenvalue weighted by Crippen LogP contribution is -2.46. The Hall–Kier alpha value is -1.89. The molecule has 0 aromatic carbocycles. The molecule has 1 saturated heterocycles. The van der Waals surface area contributed by atoms with Gasteiger partial charge >= 0.3 is 0 Å². The van der Waals surface area contributed by atoms with Gasteiger partial charge in [-0.05, 0) is 33.6 Å². The van der Waals surface area contributed by atoms with Crippen molar-refractivity contribution in [3.63, 3.8) is 0 Å². The molecule has 1 aliphatic heterocycles. The van der Waals surface area contributed by atoms with Gasteiger partial charge in [-0.2, -0.15) is 0 Å². The van der Waals surface area contributed by atoms with Crippen molar-refractivity contribution in [1.82, 2.24) is 9.97 Å². The van der Waals surface area contributed by atoms with Crippen LogP contribution in [0.1, 0.15) is 31.2 Å². The minimum Gasteiger partial charge on any atom is -0.369 e. The Labute approximate surface area is 118 Å². The van der Waals surface area contributed by atoms with E-state index in [1.54, 1.807) is 0 Å². The second kappa shape index (κ2) is 5.62. The molecule has 1 aliphatic rings. The fourth-order valence-corrected chi connectivity index (χ4v) is 2.67. The van der Waals surface area contributed by atoms with Crippen LogP contribution in [0.3, 0.4) is 0 Å². The Morgan fingerprint density at radius 3 is 2.65 bits per heavy atom. The van der Waals surface area contributed by atoms with Crippen LogP contribution in [-0.2, 0) is 4.79 Å². The van der Waals surface area contributed by atoms with E-state index in [1.807, 2.05) is 13.8 Å². The van der Waals surface area contributed by atoms with Crippen LogP contribution in [0.5, 0.6) is 0 Å². The van der Waals surface area contributed by atoms with Gasteiger partial charge in [0.1, 0.15) is 17.5 Å². The van der Waals surface area contributed by atoms with Gasteiger partial charge in [-0.3, -0.25) is 4.79 Å². The number of nitrogens with two attached hydrogens (primary N) is 2. The van der Waals surface area contributed by atoms with E-state index >= 15 is 0 Å². The molecule has 2 heterocycles. The summed E-state index contributed by atoms with van der Waals surface area (Å²) in [5, 5.41) is 0. The molecular formula is C13H22N6O. The Balaban J connectivity index is 2.38. The average Bonchev–Trinajstić information content (AvgIpc) is 2.41. The highest BCUT2D eigenvalue weighted by atomic mass is 16.1. The number of anilines is 2. The number of hydrogen-bond donors (Lipinski definition) is 3. The largest absolute Gasteiger partial charge is 0.369 e. The van der Waals surface area contributed by atoms with Gasteiger partial charge in [-0.25, -0.2) is 15.8 Å². The number of nitrogens with one attached hydrogen (secondary N) is 1. The maximum atomic E-state index is 11.4. The van der Waals surface area contributed by atoms with E-state index in [9.17, 15) is 4.79 Å². The number of aryl methyl sites for hydroxylation is 1. The smallest absolute Gasteiger partial charge is 0.222 e. The number of nitrogen functional groups attached to an aromatic ring is 1. The Morgan fingerprint density at radius 2 is 2.05 bits per heavy atom. The van der Waals surface area contributed by atoms with Crippen LogP contribution in [0.25, 0.3) is 0 Å². The summed E-state index contributed by atoms with van der Waals surface area (Å²) in [7, 11) is 0. The average molecular weight is 278 g/mol. The van der Waals surface area contributed by atoms with Crippen molar-refractivity contribution in [2.24, 2.45) is 17.5 Å². The molecule has 110 valence electrons. The van der Waals surface area contributed by atoms with Gasteiger partial charge in [0.05, 0.1) is 5.92 Å². The Morgan fingerprint density at radius 1 is 1.35 bits per heavy atom. The molecule has 1 amide bonds. The number of carbonyl (C=O) groups excluding carboxylic acids is 1. The van der Waals surface area contributed by atoms with Crippen LogP contribution in [0.15, 0.2) is 0 Å². The zero-order valence-corrected chi connectivity index (χ0v) is 12.2. The molecule has 20 heavy (non-hydrogen) atoms. The summed E-state index contributed by atoms with van der Waals surface area (Å²) in [5.74, 6) is 7.20. The van der Waals surface area contributed by atoms with Crippen LogP contribution in [0, 0.1) is 19.8 Å². The number of hydrogen-bond acceptors (Lipinski definition) is 6. The van der Waals surface area contributed by atoms with Gasteiger partial charge in [0.25, 0.3) is 0 Å². The number of aromatic nitrogens is 2. The van der Waals surface area contributed by atoms with E-state index in [0.717, 1.165) is 24.2 Å². The normalized spacial score (nSPS) is 22.7. The first-order valence-corrected chi connectivity index (χ1v) is 6.81. The summed E-state index contributed by atoms with van der Waals surface area (Å²) in [6, 6.07) is 0.309. The van der Waals surface area contributed by atoms with Crippen molar-refractivity contribution in [2.45, 2.75) is 39.7 Å². The van der Waals surface area contributed by atoms with E-state index in [2.05, 4.69) is 27.2 Å². The van der Waals surface area contributed by atoms with Gasteiger partial charge in [0.2, 0.25) is 5.91 Å². The van der Waals surface area contributed by atoms with E-state index in [1.165, 1.54) is 0 Å². The van der Waals surface area contributed by atoms with Crippen LogP contribution in [-0.4, -0.2) is 28.5 Å². The first-order chi connectivity index (χ1) is 9.43. The van der Waals surface area contributed by atoms with Gasteiger partial charge < -0.3 is 16.1 Å². The number of nitrogens with zero attached hydrogens (tertiary/aromatic N) is 3. The summed E-state index contributed by atoms with van der Waals surface area (Å²) in [4.78, 5) is 22.3. The molecule has 7 nitrogen and oxygen atoms in total. The number of primary amides is 1. The van der Waals surface area contributed by atoms with E-state index in [4.69, 9.17) is 11.6 Å². The van der Waals surface area contributed by atoms with Crippen molar-refractivity contribution in [2.75, 3.05) is 16.9 Å². The SMILES string of the molecule is Cc1nc(NN)c(C)c(N2CC(C(N)=O)CCC2C)n1. The van der Waals surface area contributed by atoms with E-state index in [-0.39, 0.29) is 11.8 Å². The fourth-order valence-electron chi connectivity index (χ4n) is 2.67. The maximum Gasteiger partial charge on any atom is 0.222 e. The fraction of sp³-hybridized carbons (Fsp3) is 0.615. The van der Waals surface area contributed by atoms with Crippen LogP contribution in [0.2, 0.25) is 0 Å². The van der Waals surface area contributed by atoms with Gasteiger partial charge in [-0.1, -0.05) is 0 Å². The second-order valence-electron chi connectivity index (χ2n) is 5.39. The third kappa shape index (κ3) is 2.67. The third-order valence-electron chi connectivity index (χ3n) is 3.93. The minimum absolute atomic E-state index is 0.129. The van der Waals surface area contributed by atoms with Crippen LogP contribution >= 0.6 is 0 Å². The molecular weight excluding hydrogens is 256 g/mol. The number of rotatable bonds is 3. The number of amides is 1. The van der Waals surface area contributed by atoms with Crippen molar-refractivity contribution < 1.29 is 4.79 Å². The van der Waals surface area contributed by atoms with E-state index in [0.29, 0.717) is 24.2 Å². The lowest BCUT2D eigenvalue weighted by molar-refractivity contribution is -0.122. The first-order valence-electron chi connectivity index (χ1n) is 6.81. The molecule has 2 rings (SSSR count). The molecule has 2 atom stereocenters. The lowest BCUT2D eigenvalue weighted by atomic mass is 9.92. The predicted molar refractivity (Wildman–Crippen MR) is 78.0 cm³/mol. The topological polar surface area (TPSA) is 110 Å². The molecule has 1 aromatic rings. The highest BCUT2D eigenvalue weighted by Crippen LogP contribution is 2.30. The predicted octanol–water partition coefficient (Wildman–Crippen LogP) is 0.469. The maximum absolute atomic E-state index is 11.4. The van der Waals surface area contributed by atoms with Gasteiger partial charge in [-0.15, -0.1) is 0 Å². The minimum atomic E-state index is -0.248. The van der Waals surface area contributed by atoms with Crippen LogP contribution in [0.4, 0.5) is 11.6 Å². The monoisotopic (exact) mass is 278 g/mol. The summed E-state index contributed by atoms with van der Waals surface area (Å²) in [6.45, 7) is 6.47. The highest BCUT2D eigenvalue weighted by molar-refractivity contribution is 5.77. The summed E-state index contributed by atoms with van der Waals surface area (Å²) >= 11 is 0. The highest BCUT2D eigenvalue weighted by Gasteiger charge is 2.30. The van der Waals surface area contributed by atoms with Crippen molar-refractivity contribution in [3.8, 4) is 0 Å². The number of piperidine rings is 1. The van der Waals surface area contributed by atoms with Crippen molar-refractivity contribution in [1.29, 1.82) is 0 Å².